The van der Waals surface area contributed by atoms with Crippen molar-refractivity contribution in [3.05, 3.63) is 65.7 Å². The smallest absolute Gasteiger partial charge is 0.315 e. The molecule has 2 aromatic carbocycles. The van der Waals surface area contributed by atoms with Crippen LogP contribution in [0.4, 0.5) is 5.69 Å². The first-order valence-corrected chi connectivity index (χ1v) is 10.2. The summed E-state index contributed by atoms with van der Waals surface area (Å²) in [5.74, 6) is -0.150. The summed E-state index contributed by atoms with van der Waals surface area (Å²) >= 11 is 0. The van der Waals surface area contributed by atoms with Crippen molar-refractivity contribution in [3.8, 4) is 0 Å². The Balaban J connectivity index is 1.51. The molecule has 1 fully saturated rings. The monoisotopic (exact) mass is 380 g/mol. The number of nitrogens with zero attached hydrogens (tertiary/aromatic N) is 2. The van der Waals surface area contributed by atoms with E-state index in [0.29, 0.717) is 0 Å². The van der Waals surface area contributed by atoms with E-state index in [-0.39, 0.29) is 5.97 Å². The van der Waals surface area contributed by atoms with Crippen molar-refractivity contribution in [2.75, 3.05) is 44.7 Å². The van der Waals surface area contributed by atoms with Crippen LogP contribution in [0.5, 0.6) is 0 Å². The van der Waals surface area contributed by atoms with Crippen LogP contribution in [0.1, 0.15) is 30.9 Å². The highest BCUT2D eigenvalue weighted by molar-refractivity contribution is 5.82. The number of anilines is 1. The molecule has 1 saturated heterocycles. The molecule has 150 valence electrons. The molecule has 28 heavy (non-hydrogen) atoms. The first-order chi connectivity index (χ1) is 13.5. The second-order valence-electron chi connectivity index (χ2n) is 7.96. The van der Waals surface area contributed by atoms with E-state index in [1.807, 2.05) is 37.3 Å². The van der Waals surface area contributed by atoms with Gasteiger partial charge in [-0.25, -0.2) is 0 Å². The van der Waals surface area contributed by atoms with Crippen molar-refractivity contribution >= 4 is 11.7 Å². The zero-order chi connectivity index (χ0) is 20.0. The minimum Gasteiger partial charge on any atom is -0.468 e. The van der Waals surface area contributed by atoms with Gasteiger partial charge in [0.25, 0.3) is 0 Å². The number of esters is 1. The first-order valence-electron chi connectivity index (χ1n) is 10.2. The maximum absolute atomic E-state index is 12.5. The number of hydrogen-bond acceptors (Lipinski definition) is 4. The minimum atomic E-state index is -0.584. The Kier molecular flexibility index (Phi) is 6.74. The highest BCUT2D eigenvalue weighted by atomic mass is 16.5. The Labute approximate surface area is 169 Å². The van der Waals surface area contributed by atoms with E-state index in [1.165, 1.54) is 18.4 Å². The van der Waals surface area contributed by atoms with Gasteiger partial charge in [-0.3, -0.25) is 9.69 Å². The van der Waals surface area contributed by atoms with Crippen LogP contribution in [0.15, 0.2) is 54.6 Å². The molecule has 1 atom stereocenters. The molecule has 1 aliphatic heterocycles. The average molecular weight is 381 g/mol. The molecule has 4 nitrogen and oxygen atoms in total. The molecular weight excluding hydrogens is 348 g/mol. The summed E-state index contributed by atoms with van der Waals surface area (Å²) < 4.78 is 5.12. The molecule has 0 radical (unpaired) electrons. The number of rotatable bonds is 7. The second-order valence-corrected chi connectivity index (χ2v) is 7.96. The number of hydrogen-bond donors (Lipinski definition) is 0. The van der Waals surface area contributed by atoms with Crippen molar-refractivity contribution in [1.29, 1.82) is 0 Å². The molecule has 0 N–H and O–H groups in total. The SMILES string of the molecule is COC(=O)C(C)(CCCN1CCN(c2ccc(C)cc2)CC1)c1ccccc1. The van der Waals surface area contributed by atoms with Crippen LogP contribution in [0.2, 0.25) is 0 Å². The number of methoxy groups -OCH3 is 1. The molecule has 4 heteroatoms. The Hall–Kier alpha value is -2.33. The molecule has 0 amide bonds. The van der Waals surface area contributed by atoms with Crippen LogP contribution >= 0.6 is 0 Å². The molecule has 2 aromatic rings. The van der Waals surface area contributed by atoms with E-state index in [0.717, 1.165) is 51.1 Å². The summed E-state index contributed by atoms with van der Waals surface area (Å²) in [4.78, 5) is 17.5. The molecular formula is C24H32N2O2. The van der Waals surface area contributed by atoms with Gasteiger partial charge in [-0.2, -0.15) is 0 Å². The number of carbonyl (C=O) groups is 1. The van der Waals surface area contributed by atoms with Gasteiger partial charge in [0.05, 0.1) is 12.5 Å². The van der Waals surface area contributed by atoms with Crippen LogP contribution in [0, 0.1) is 6.92 Å². The third-order valence-corrected chi connectivity index (χ3v) is 5.97. The molecule has 3 rings (SSSR count). The van der Waals surface area contributed by atoms with Gasteiger partial charge in [0, 0.05) is 31.9 Å². The summed E-state index contributed by atoms with van der Waals surface area (Å²) in [5, 5.41) is 0. The maximum atomic E-state index is 12.5. The first kappa shape index (κ1) is 20.4. The third-order valence-electron chi connectivity index (χ3n) is 5.97. The van der Waals surface area contributed by atoms with Crippen molar-refractivity contribution in [2.45, 2.75) is 32.1 Å². The van der Waals surface area contributed by atoms with Crippen LogP contribution in [0.25, 0.3) is 0 Å². The molecule has 0 bridgehead atoms. The summed E-state index contributed by atoms with van der Waals surface area (Å²) in [5.41, 5.74) is 3.06. The predicted octanol–water partition coefficient (Wildman–Crippen LogP) is 4.03. The summed E-state index contributed by atoms with van der Waals surface area (Å²) in [6.07, 6.45) is 1.77. The van der Waals surface area contributed by atoms with Gasteiger partial charge in [0.2, 0.25) is 0 Å². The summed E-state index contributed by atoms with van der Waals surface area (Å²) in [6, 6.07) is 18.8. The lowest BCUT2D eigenvalue weighted by Gasteiger charge is -2.36. The van der Waals surface area contributed by atoms with E-state index in [9.17, 15) is 4.79 Å². The third kappa shape index (κ3) is 4.74. The van der Waals surface area contributed by atoms with Crippen LogP contribution in [-0.4, -0.2) is 50.7 Å². The van der Waals surface area contributed by atoms with Gasteiger partial charge in [-0.15, -0.1) is 0 Å². The topological polar surface area (TPSA) is 32.8 Å². The van der Waals surface area contributed by atoms with Gasteiger partial charge < -0.3 is 9.64 Å². The molecule has 1 unspecified atom stereocenters. The summed E-state index contributed by atoms with van der Waals surface area (Å²) in [7, 11) is 1.48. The van der Waals surface area contributed by atoms with Crippen molar-refractivity contribution in [2.24, 2.45) is 0 Å². The van der Waals surface area contributed by atoms with E-state index in [4.69, 9.17) is 4.74 Å². The molecule has 0 aliphatic carbocycles. The van der Waals surface area contributed by atoms with Crippen LogP contribution in [-0.2, 0) is 14.9 Å². The molecule has 0 spiro atoms. The normalized spacial score (nSPS) is 17.2. The number of carbonyl (C=O) groups excluding carboxylic acids is 1. The van der Waals surface area contributed by atoms with Crippen LogP contribution in [0.3, 0.4) is 0 Å². The van der Waals surface area contributed by atoms with Gasteiger partial charge in [-0.05, 0) is 50.9 Å². The lowest BCUT2D eigenvalue weighted by atomic mass is 9.78. The fourth-order valence-corrected chi connectivity index (χ4v) is 4.04. The van der Waals surface area contributed by atoms with Gasteiger partial charge in [0.1, 0.15) is 0 Å². The number of benzene rings is 2. The Morgan fingerprint density at radius 3 is 2.25 bits per heavy atom. The fraction of sp³-hybridized carbons (Fsp3) is 0.458. The molecule has 0 aromatic heterocycles. The Bertz CT molecular complexity index is 752. The second kappa shape index (κ2) is 9.24. The van der Waals surface area contributed by atoms with E-state index in [1.54, 1.807) is 0 Å². The largest absolute Gasteiger partial charge is 0.468 e. The standard InChI is InChI=1S/C24H32N2O2/c1-20-10-12-22(13-11-20)26-18-16-25(17-19-26)15-7-14-24(2,23(27)28-3)21-8-5-4-6-9-21/h4-6,8-13H,7,14-19H2,1-3H3. The molecule has 0 saturated carbocycles. The highest BCUT2D eigenvalue weighted by Gasteiger charge is 2.35. The van der Waals surface area contributed by atoms with Crippen LogP contribution < -0.4 is 4.90 Å². The lowest BCUT2D eigenvalue weighted by Crippen LogP contribution is -2.47. The van der Waals surface area contributed by atoms with Crippen molar-refractivity contribution in [3.63, 3.8) is 0 Å². The molecule has 1 aliphatic rings. The predicted molar refractivity (Wildman–Crippen MR) is 115 cm³/mol. The van der Waals surface area contributed by atoms with Gasteiger partial charge >= 0.3 is 5.97 Å². The fourth-order valence-electron chi connectivity index (χ4n) is 4.04. The lowest BCUT2D eigenvalue weighted by molar-refractivity contribution is -0.147. The zero-order valence-electron chi connectivity index (χ0n) is 17.4. The van der Waals surface area contributed by atoms with E-state index in [2.05, 4.69) is 41.0 Å². The maximum Gasteiger partial charge on any atom is 0.315 e. The number of ether oxygens (including phenoxy) is 1. The van der Waals surface area contributed by atoms with Gasteiger partial charge in [-0.1, -0.05) is 48.0 Å². The number of aryl methyl sites for hydroxylation is 1. The van der Waals surface area contributed by atoms with E-state index < -0.39 is 5.41 Å². The Morgan fingerprint density at radius 2 is 1.64 bits per heavy atom. The van der Waals surface area contributed by atoms with Crippen molar-refractivity contribution < 1.29 is 9.53 Å². The average Bonchev–Trinajstić information content (AvgIpc) is 2.74. The summed E-state index contributed by atoms with van der Waals surface area (Å²) in [6.45, 7) is 9.37. The Morgan fingerprint density at radius 1 is 1.00 bits per heavy atom. The van der Waals surface area contributed by atoms with E-state index >= 15 is 0 Å². The quantitative estimate of drug-likeness (QED) is 0.679. The van der Waals surface area contributed by atoms with Gasteiger partial charge in [0.15, 0.2) is 0 Å². The minimum absolute atomic E-state index is 0.150. The molecule has 1 heterocycles. The highest BCUT2D eigenvalue weighted by Crippen LogP contribution is 2.30. The zero-order valence-corrected chi connectivity index (χ0v) is 17.4. The van der Waals surface area contributed by atoms with Crippen molar-refractivity contribution in [1.82, 2.24) is 4.90 Å². The number of piperazine rings is 1.